The number of nitrogens with zero attached hydrogens (tertiary/aromatic N) is 5. The smallest absolute Gasteiger partial charge is 0.271 e. The van der Waals surface area contributed by atoms with Gasteiger partial charge in [0.25, 0.3) is 11.8 Å². The van der Waals surface area contributed by atoms with Crippen molar-refractivity contribution < 1.29 is 9.59 Å². The van der Waals surface area contributed by atoms with E-state index in [0.29, 0.717) is 17.7 Å². The predicted octanol–water partition coefficient (Wildman–Crippen LogP) is 1.21. The molecule has 1 aromatic carbocycles. The van der Waals surface area contributed by atoms with Crippen LogP contribution in [0.15, 0.2) is 42.9 Å². The normalized spacial score (nSPS) is 10.3. The number of hydrogen-bond donors (Lipinski definition) is 2. The van der Waals surface area contributed by atoms with Gasteiger partial charge in [0.2, 0.25) is 0 Å². The molecule has 3 rings (SSSR count). The summed E-state index contributed by atoms with van der Waals surface area (Å²) in [5, 5.41) is 22.5. The van der Waals surface area contributed by atoms with Gasteiger partial charge in [-0.15, -0.1) is 0 Å². The van der Waals surface area contributed by atoms with Gasteiger partial charge < -0.3 is 10.6 Å². The SMILES string of the molecule is Cn1cc(CNC(=O)c2c(NC(=O)c3cccc(C#N)c3)cnn2C)cn1. The highest BCUT2D eigenvalue weighted by Gasteiger charge is 2.19. The third kappa shape index (κ3) is 4.01. The van der Waals surface area contributed by atoms with Crippen LogP contribution < -0.4 is 10.6 Å². The Kier molecular flexibility index (Phi) is 4.99. The Morgan fingerprint density at radius 1 is 1.19 bits per heavy atom. The summed E-state index contributed by atoms with van der Waals surface area (Å²) >= 11 is 0. The number of amides is 2. The summed E-state index contributed by atoms with van der Waals surface area (Å²) in [5.41, 5.74) is 2.06. The fraction of sp³-hybridized carbons (Fsp3) is 0.167. The van der Waals surface area contributed by atoms with Crippen molar-refractivity contribution in [1.82, 2.24) is 24.9 Å². The molecular formula is C18H17N7O2. The van der Waals surface area contributed by atoms with Crippen molar-refractivity contribution in [2.45, 2.75) is 6.54 Å². The van der Waals surface area contributed by atoms with Gasteiger partial charge in [0.05, 0.1) is 29.7 Å². The molecule has 0 radical (unpaired) electrons. The Labute approximate surface area is 155 Å². The number of carbonyl (C=O) groups excluding carboxylic acids is 2. The maximum absolute atomic E-state index is 12.6. The van der Waals surface area contributed by atoms with Crippen LogP contribution in [0.3, 0.4) is 0 Å². The summed E-state index contributed by atoms with van der Waals surface area (Å²) in [6.07, 6.45) is 4.87. The van der Waals surface area contributed by atoms with E-state index >= 15 is 0 Å². The third-order valence-corrected chi connectivity index (χ3v) is 3.87. The predicted molar refractivity (Wildman–Crippen MR) is 96.7 cm³/mol. The summed E-state index contributed by atoms with van der Waals surface area (Å²) < 4.78 is 3.03. The number of rotatable bonds is 5. The molecule has 0 saturated carbocycles. The molecule has 0 aliphatic heterocycles. The molecule has 0 unspecified atom stereocenters. The molecule has 0 aliphatic rings. The first-order valence-corrected chi connectivity index (χ1v) is 8.07. The molecule has 9 nitrogen and oxygen atoms in total. The van der Waals surface area contributed by atoms with Gasteiger partial charge in [-0.05, 0) is 18.2 Å². The van der Waals surface area contributed by atoms with Crippen molar-refractivity contribution in [2.24, 2.45) is 14.1 Å². The van der Waals surface area contributed by atoms with E-state index in [1.807, 2.05) is 6.07 Å². The maximum Gasteiger partial charge on any atom is 0.271 e. The van der Waals surface area contributed by atoms with E-state index in [1.54, 1.807) is 49.4 Å². The van der Waals surface area contributed by atoms with Crippen molar-refractivity contribution in [3.8, 4) is 6.07 Å². The van der Waals surface area contributed by atoms with Crippen molar-refractivity contribution >= 4 is 17.5 Å². The van der Waals surface area contributed by atoms with Gasteiger partial charge in [0.15, 0.2) is 0 Å². The topological polar surface area (TPSA) is 118 Å². The number of aryl methyl sites for hydroxylation is 2. The van der Waals surface area contributed by atoms with E-state index in [1.165, 1.54) is 16.9 Å². The second-order valence-electron chi connectivity index (χ2n) is 5.88. The minimum Gasteiger partial charge on any atom is -0.346 e. The van der Waals surface area contributed by atoms with E-state index < -0.39 is 5.91 Å². The Balaban J connectivity index is 1.74. The number of benzene rings is 1. The zero-order valence-corrected chi connectivity index (χ0v) is 14.8. The molecule has 2 aromatic heterocycles. The van der Waals surface area contributed by atoms with Crippen LogP contribution in [0.5, 0.6) is 0 Å². The second-order valence-corrected chi connectivity index (χ2v) is 5.88. The molecule has 9 heteroatoms. The van der Waals surface area contributed by atoms with E-state index in [4.69, 9.17) is 5.26 Å². The summed E-state index contributed by atoms with van der Waals surface area (Å²) in [7, 11) is 3.41. The van der Waals surface area contributed by atoms with Gasteiger partial charge in [-0.1, -0.05) is 6.07 Å². The lowest BCUT2D eigenvalue weighted by atomic mass is 10.1. The first-order valence-electron chi connectivity index (χ1n) is 8.07. The Hall–Kier alpha value is -3.93. The minimum atomic E-state index is -0.429. The van der Waals surface area contributed by atoms with E-state index in [2.05, 4.69) is 20.8 Å². The largest absolute Gasteiger partial charge is 0.346 e. The monoisotopic (exact) mass is 363 g/mol. The molecule has 2 heterocycles. The molecule has 2 amide bonds. The molecular weight excluding hydrogens is 346 g/mol. The molecule has 2 N–H and O–H groups in total. The van der Waals surface area contributed by atoms with Gasteiger partial charge in [0, 0.05) is 38.0 Å². The fourth-order valence-corrected chi connectivity index (χ4v) is 2.55. The zero-order valence-electron chi connectivity index (χ0n) is 14.8. The number of carbonyl (C=O) groups is 2. The molecule has 27 heavy (non-hydrogen) atoms. The molecule has 3 aromatic rings. The first kappa shape index (κ1) is 17.9. The van der Waals surface area contributed by atoms with Crippen LogP contribution in [0.2, 0.25) is 0 Å². The van der Waals surface area contributed by atoms with Crippen LogP contribution in [0.4, 0.5) is 5.69 Å². The third-order valence-electron chi connectivity index (χ3n) is 3.87. The van der Waals surface area contributed by atoms with Crippen LogP contribution in [0, 0.1) is 11.3 Å². The van der Waals surface area contributed by atoms with Crippen LogP contribution in [0.25, 0.3) is 0 Å². The highest BCUT2D eigenvalue weighted by atomic mass is 16.2. The highest BCUT2D eigenvalue weighted by Crippen LogP contribution is 2.16. The van der Waals surface area contributed by atoms with Crippen LogP contribution >= 0.6 is 0 Å². The first-order chi connectivity index (χ1) is 13.0. The van der Waals surface area contributed by atoms with Crippen LogP contribution in [-0.4, -0.2) is 31.4 Å². The molecule has 0 atom stereocenters. The van der Waals surface area contributed by atoms with Crippen LogP contribution in [-0.2, 0) is 20.6 Å². The van der Waals surface area contributed by atoms with Gasteiger partial charge in [-0.3, -0.25) is 19.0 Å². The van der Waals surface area contributed by atoms with Gasteiger partial charge in [0.1, 0.15) is 5.69 Å². The molecule has 136 valence electrons. The van der Waals surface area contributed by atoms with Gasteiger partial charge in [-0.25, -0.2) is 0 Å². The van der Waals surface area contributed by atoms with E-state index in [0.717, 1.165) is 5.56 Å². The van der Waals surface area contributed by atoms with Crippen LogP contribution in [0.1, 0.15) is 32.0 Å². The fourth-order valence-electron chi connectivity index (χ4n) is 2.55. The van der Waals surface area contributed by atoms with Gasteiger partial charge >= 0.3 is 0 Å². The lowest BCUT2D eigenvalue weighted by Crippen LogP contribution is -2.26. The van der Waals surface area contributed by atoms with Gasteiger partial charge in [-0.2, -0.15) is 15.5 Å². The molecule has 0 bridgehead atoms. The number of nitriles is 1. The summed E-state index contributed by atoms with van der Waals surface area (Å²) in [4.78, 5) is 25.0. The Morgan fingerprint density at radius 2 is 2.00 bits per heavy atom. The molecule has 0 saturated heterocycles. The molecule has 0 fully saturated rings. The summed E-state index contributed by atoms with van der Waals surface area (Å²) in [6.45, 7) is 0.301. The standard InChI is InChI=1S/C18H17N7O2/c1-24-11-13(9-21-24)8-20-18(27)16-15(10-22-25(16)2)23-17(26)14-5-3-4-12(6-14)7-19/h3-6,9-11H,8H2,1-2H3,(H,20,27)(H,23,26). The Morgan fingerprint density at radius 3 is 2.70 bits per heavy atom. The second kappa shape index (κ2) is 7.53. The number of hydrogen-bond acceptors (Lipinski definition) is 5. The van der Waals surface area contributed by atoms with E-state index in [9.17, 15) is 9.59 Å². The lowest BCUT2D eigenvalue weighted by molar-refractivity contribution is 0.0942. The molecule has 0 spiro atoms. The van der Waals surface area contributed by atoms with Crippen molar-refractivity contribution in [3.05, 3.63) is 65.2 Å². The van der Waals surface area contributed by atoms with Crippen molar-refractivity contribution in [1.29, 1.82) is 5.26 Å². The van der Waals surface area contributed by atoms with E-state index in [-0.39, 0.29) is 17.3 Å². The average molecular weight is 363 g/mol. The number of nitrogens with one attached hydrogen (secondary N) is 2. The number of aromatic nitrogens is 4. The highest BCUT2D eigenvalue weighted by molar-refractivity contribution is 6.08. The minimum absolute atomic E-state index is 0.226. The quantitative estimate of drug-likeness (QED) is 0.706. The molecule has 0 aliphatic carbocycles. The average Bonchev–Trinajstić information content (AvgIpc) is 3.25. The maximum atomic E-state index is 12.6. The Bertz CT molecular complexity index is 1040. The van der Waals surface area contributed by atoms with Crippen molar-refractivity contribution in [2.75, 3.05) is 5.32 Å². The summed E-state index contributed by atoms with van der Waals surface area (Å²) in [6, 6.07) is 8.29. The number of anilines is 1. The summed E-state index contributed by atoms with van der Waals surface area (Å²) in [5.74, 6) is -0.804. The lowest BCUT2D eigenvalue weighted by Gasteiger charge is -2.08. The zero-order chi connectivity index (χ0) is 19.4. The van der Waals surface area contributed by atoms with Crippen molar-refractivity contribution in [3.63, 3.8) is 0 Å².